The van der Waals surface area contributed by atoms with Crippen molar-refractivity contribution in [3.63, 3.8) is 0 Å². The molecule has 0 aliphatic carbocycles. The first-order valence-corrected chi connectivity index (χ1v) is 9.64. The van der Waals surface area contributed by atoms with E-state index < -0.39 is 0 Å². The number of hydrogen-bond acceptors (Lipinski definition) is 3. The molecule has 2 amide bonds. The van der Waals surface area contributed by atoms with Crippen LogP contribution < -0.4 is 5.32 Å². The second-order valence-corrected chi connectivity index (χ2v) is 7.62. The number of carbonyl (C=O) groups excluding carboxylic acids is 2. The van der Waals surface area contributed by atoms with Crippen molar-refractivity contribution < 1.29 is 9.59 Å². The van der Waals surface area contributed by atoms with Gasteiger partial charge in [0.25, 0.3) is 0 Å². The van der Waals surface area contributed by atoms with Crippen LogP contribution in [0.25, 0.3) is 0 Å². The molecule has 132 valence electrons. The van der Waals surface area contributed by atoms with E-state index in [-0.39, 0.29) is 17.9 Å². The maximum atomic E-state index is 12.2. The molecule has 0 saturated carbocycles. The molecular formula is C20H24N2O2S. The van der Waals surface area contributed by atoms with Crippen molar-refractivity contribution in [1.29, 1.82) is 0 Å². The highest BCUT2D eigenvalue weighted by molar-refractivity contribution is 7.09. The fourth-order valence-corrected chi connectivity index (χ4v) is 3.89. The Hall–Kier alpha value is -2.14. The zero-order valence-corrected chi connectivity index (χ0v) is 15.3. The lowest BCUT2D eigenvalue weighted by atomic mass is 10.1. The molecule has 1 aromatic heterocycles. The number of carbonyl (C=O) groups is 2. The van der Waals surface area contributed by atoms with Crippen LogP contribution in [0.1, 0.15) is 35.3 Å². The van der Waals surface area contributed by atoms with Gasteiger partial charge in [0.1, 0.15) is 0 Å². The lowest BCUT2D eigenvalue weighted by Gasteiger charge is -2.24. The molecular weight excluding hydrogens is 332 g/mol. The van der Waals surface area contributed by atoms with Crippen molar-refractivity contribution in [2.45, 2.75) is 45.2 Å². The van der Waals surface area contributed by atoms with Crippen LogP contribution in [0.2, 0.25) is 0 Å². The fraction of sp³-hybridized carbons (Fsp3) is 0.400. The van der Waals surface area contributed by atoms with Gasteiger partial charge in [-0.25, -0.2) is 0 Å². The van der Waals surface area contributed by atoms with Crippen LogP contribution in [0, 0.1) is 6.92 Å². The Labute approximate surface area is 152 Å². The molecule has 1 aromatic carbocycles. The SMILES string of the molecule is Cc1ccc(CN2C(=O)CCC2CC(=O)NCCc2cccs2)cc1. The quantitative estimate of drug-likeness (QED) is 0.827. The molecule has 1 saturated heterocycles. The summed E-state index contributed by atoms with van der Waals surface area (Å²) in [6, 6.07) is 12.3. The fourth-order valence-electron chi connectivity index (χ4n) is 3.18. The lowest BCUT2D eigenvalue weighted by Crippen LogP contribution is -2.37. The minimum absolute atomic E-state index is 0.00976. The second-order valence-electron chi connectivity index (χ2n) is 6.58. The van der Waals surface area contributed by atoms with Gasteiger partial charge in [0.15, 0.2) is 0 Å². The van der Waals surface area contributed by atoms with Crippen LogP contribution in [0.4, 0.5) is 0 Å². The average Bonchev–Trinajstić information content (AvgIpc) is 3.22. The molecule has 1 fully saturated rings. The van der Waals surface area contributed by atoms with E-state index in [0.29, 0.717) is 25.9 Å². The van der Waals surface area contributed by atoms with Crippen molar-refractivity contribution in [3.8, 4) is 0 Å². The van der Waals surface area contributed by atoms with Gasteiger partial charge in [0.05, 0.1) is 0 Å². The smallest absolute Gasteiger partial charge is 0.223 e. The van der Waals surface area contributed by atoms with E-state index in [1.165, 1.54) is 10.4 Å². The van der Waals surface area contributed by atoms with Gasteiger partial charge in [-0.3, -0.25) is 9.59 Å². The van der Waals surface area contributed by atoms with E-state index >= 15 is 0 Å². The zero-order chi connectivity index (χ0) is 17.6. The Kier molecular flexibility index (Phi) is 5.87. The number of aryl methyl sites for hydroxylation is 1. The monoisotopic (exact) mass is 356 g/mol. The van der Waals surface area contributed by atoms with Crippen molar-refractivity contribution in [3.05, 3.63) is 57.8 Å². The number of nitrogens with one attached hydrogen (secondary N) is 1. The molecule has 2 aromatic rings. The average molecular weight is 356 g/mol. The van der Waals surface area contributed by atoms with Gasteiger partial charge in [0.2, 0.25) is 11.8 Å². The normalized spacial score (nSPS) is 17.1. The Balaban J connectivity index is 1.50. The highest BCUT2D eigenvalue weighted by Gasteiger charge is 2.32. The first kappa shape index (κ1) is 17.7. The van der Waals surface area contributed by atoms with Gasteiger partial charge in [-0.05, 0) is 36.8 Å². The summed E-state index contributed by atoms with van der Waals surface area (Å²) in [6.07, 6.45) is 2.56. The lowest BCUT2D eigenvalue weighted by molar-refractivity contribution is -0.130. The summed E-state index contributed by atoms with van der Waals surface area (Å²) >= 11 is 1.71. The molecule has 5 heteroatoms. The third-order valence-corrected chi connectivity index (χ3v) is 5.56. The number of nitrogens with zero attached hydrogens (tertiary/aromatic N) is 1. The van der Waals surface area contributed by atoms with Gasteiger partial charge >= 0.3 is 0 Å². The molecule has 25 heavy (non-hydrogen) atoms. The van der Waals surface area contributed by atoms with Crippen LogP contribution in [0.5, 0.6) is 0 Å². The molecule has 0 radical (unpaired) electrons. The number of benzene rings is 1. The van der Waals surface area contributed by atoms with Gasteiger partial charge in [-0.2, -0.15) is 0 Å². The Bertz CT molecular complexity index is 710. The Morgan fingerprint density at radius 1 is 1.28 bits per heavy atom. The van der Waals surface area contributed by atoms with E-state index in [9.17, 15) is 9.59 Å². The zero-order valence-electron chi connectivity index (χ0n) is 14.5. The first-order valence-electron chi connectivity index (χ1n) is 8.76. The standard InChI is InChI=1S/C20H24N2O2S/c1-15-4-6-16(7-5-15)14-22-17(8-9-20(22)24)13-19(23)21-11-10-18-3-2-12-25-18/h2-7,12,17H,8-11,13-14H2,1H3,(H,21,23). The number of hydrogen-bond donors (Lipinski definition) is 1. The van der Waals surface area contributed by atoms with Crippen LogP contribution in [0.15, 0.2) is 41.8 Å². The molecule has 1 atom stereocenters. The number of amides is 2. The van der Waals surface area contributed by atoms with E-state index in [1.807, 2.05) is 23.3 Å². The molecule has 1 aliphatic rings. The largest absolute Gasteiger partial charge is 0.356 e. The third-order valence-electron chi connectivity index (χ3n) is 4.62. The Morgan fingerprint density at radius 2 is 2.08 bits per heavy atom. The third kappa shape index (κ3) is 4.92. The summed E-state index contributed by atoms with van der Waals surface area (Å²) in [5.74, 6) is 0.183. The number of likely N-dealkylation sites (tertiary alicyclic amines) is 1. The Morgan fingerprint density at radius 3 is 2.80 bits per heavy atom. The van der Waals surface area contributed by atoms with Crippen molar-refractivity contribution in [2.24, 2.45) is 0 Å². The minimum atomic E-state index is 0.00976. The molecule has 1 N–H and O–H groups in total. The molecule has 0 spiro atoms. The molecule has 4 nitrogen and oxygen atoms in total. The summed E-state index contributed by atoms with van der Waals surface area (Å²) in [7, 11) is 0. The second kappa shape index (κ2) is 8.30. The van der Waals surface area contributed by atoms with E-state index in [1.54, 1.807) is 11.3 Å². The van der Waals surface area contributed by atoms with E-state index in [4.69, 9.17) is 0 Å². The number of thiophene rings is 1. The first-order chi connectivity index (χ1) is 12.1. The van der Waals surface area contributed by atoms with Crippen molar-refractivity contribution in [1.82, 2.24) is 10.2 Å². The van der Waals surface area contributed by atoms with Crippen LogP contribution in [-0.2, 0) is 22.6 Å². The molecule has 1 aliphatic heterocycles. The summed E-state index contributed by atoms with van der Waals surface area (Å²) in [6.45, 7) is 3.29. The van der Waals surface area contributed by atoms with Crippen LogP contribution in [0.3, 0.4) is 0 Å². The van der Waals surface area contributed by atoms with Gasteiger partial charge < -0.3 is 10.2 Å². The molecule has 2 heterocycles. The summed E-state index contributed by atoms with van der Waals surface area (Å²) in [4.78, 5) is 27.6. The molecule has 0 bridgehead atoms. The summed E-state index contributed by atoms with van der Waals surface area (Å²) in [5.41, 5.74) is 2.32. The summed E-state index contributed by atoms with van der Waals surface area (Å²) in [5, 5.41) is 5.03. The predicted molar refractivity (Wildman–Crippen MR) is 100 cm³/mol. The topological polar surface area (TPSA) is 49.4 Å². The molecule has 1 unspecified atom stereocenters. The number of rotatable bonds is 7. The predicted octanol–water partition coefficient (Wildman–Crippen LogP) is 3.30. The maximum Gasteiger partial charge on any atom is 0.223 e. The van der Waals surface area contributed by atoms with Crippen molar-refractivity contribution >= 4 is 23.2 Å². The highest BCUT2D eigenvalue weighted by atomic mass is 32.1. The molecule has 3 rings (SSSR count). The maximum absolute atomic E-state index is 12.2. The van der Waals surface area contributed by atoms with Gasteiger partial charge in [-0.1, -0.05) is 35.9 Å². The van der Waals surface area contributed by atoms with Crippen molar-refractivity contribution in [2.75, 3.05) is 6.54 Å². The van der Waals surface area contributed by atoms with Crippen LogP contribution in [-0.4, -0.2) is 29.3 Å². The van der Waals surface area contributed by atoms with E-state index in [2.05, 4.69) is 35.6 Å². The minimum Gasteiger partial charge on any atom is -0.356 e. The van der Waals surface area contributed by atoms with Gasteiger partial charge in [-0.15, -0.1) is 11.3 Å². The van der Waals surface area contributed by atoms with Crippen LogP contribution >= 0.6 is 11.3 Å². The van der Waals surface area contributed by atoms with E-state index in [0.717, 1.165) is 18.4 Å². The highest BCUT2D eigenvalue weighted by Crippen LogP contribution is 2.24. The summed E-state index contributed by atoms with van der Waals surface area (Å²) < 4.78 is 0. The van der Waals surface area contributed by atoms with Gasteiger partial charge in [0, 0.05) is 36.9 Å².